The molecule has 0 aliphatic heterocycles. The molecule has 0 bridgehead atoms. The number of unbranched alkanes of at least 4 members (excludes halogenated alkanes) is 1. The Morgan fingerprint density at radius 1 is 1.28 bits per heavy atom. The average Bonchev–Trinajstić information content (AvgIpc) is 2.33. The van der Waals surface area contributed by atoms with Crippen molar-refractivity contribution >= 4 is 12.0 Å². The molecular formula is C12H24N2O4. The van der Waals surface area contributed by atoms with Gasteiger partial charge in [0, 0.05) is 7.11 Å². The number of carbonyl (C=O) groups is 2. The van der Waals surface area contributed by atoms with E-state index in [-0.39, 0.29) is 6.04 Å². The van der Waals surface area contributed by atoms with E-state index in [1.54, 1.807) is 7.11 Å². The minimum atomic E-state index is -1.00. The topological polar surface area (TPSA) is 87.7 Å². The normalized spacial score (nSPS) is 13.7. The lowest BCUT2D eigenvalue weighted by molar-refractivity contribution is -0.139. The molecule has 6 heteroatoms. The summed E-state index contributed by atoms with van der Waals surface area (Å²) in [6, 6.07) is -1.39. The number of ether oxygens (including phenoxy) is 1. The van der Waals surface area contributed by atoms with Gasteiger partial charge in [-0.25, -0.2) is 9.59 Å². The van der Waals surface area contributed by atoms with E-state index in [2.05, 4.69) is 10.6 Å². The maximum atomic E-state index is 11.6. The van der Waals surface area contributed by atoms with Crippen LogP contribution in [0.4, 0.5) is 4.79 Å². The second-order valence-corrected chi connectivity index (χ2v) is 4.21. The third-order valence-corrected chi connectivity index (χ3v) is 2.65. The SMILES string of the molecule is CCCCC(NC(=O)NC(CC)COC)C(=O)O. The van der Waals surface area contributed by atoms with Gasteiger partial charge in [0.15, 0.2) is 0 Å². The highest BCUT2D eigenvalue weighted by atomic mass is 16.5. The zero-order chi connectivity index (χ0) is 14.0. The highest BCUT2D eigenvalue weighted by Gasteiger charge is 2.20. The van der Waals surface area contributed by atoms with Crippen LogP contribution in [0.1, 0.15) is 39.5 Å². The van der Waals surface area contributed by atoms with Crippen LogP contribution < -0.4 is 10.6 Å². The number of carboxylic acids is 1. The molecule has 0 aromatic heterocycles. The van der Waals surface area contributed by atoms with Crippen LogP contribution in [0.25, 0.3) is 0 Å². The number of nitrogens with one attached hydrogen (secondary N) is 2. The van der Waals surface area contributed by atoms with Gasteiger partial charge in [-0.2, -0.15) is 0 Å². The molecule has 0 radical (unpaired) electrons. The summed E-state index contributed by atoms with van der Waals surface area (Å²) >= 11 is 0. The van der Waals surface area contributed by atoms with E-state index >= 15 is 0 Å². The van der Waals surface area contributed by atoms with Gasteiger partial charge in [0.1, 0.15) is 6.04 Å². The summed E-state index contributed by atoms with van der Waals surface area (Å²) in [7, 11) is 1.56. The fourth-order valence-corrected chi connectivity index (χ4v) is 1.51. The molecule has 0 aliphatic carbocycles. The third-order valence-electron chi connectivity index (χ3n) is 2.65. The van der Waals surface area contributed by atoms with Crippen LogP contribution in [-0.2, 0) is 9.53 Å². The lowest BCUT2D eigenvalue weighted by Gasteiger charge is -2.19. The van der Waals surface area contributed by atoms with Gasteiger partial charge >= 0.3 is 12.0 Å². The average molecular weight is 260 g/mol. The van der Waals surface area contributed by atoms with Crippen LogP contribution in [0.3, 0.4) is 0 Å². The van der Waals surface area contributed by atoms with Crippen LogP contribution in [0.2, 0.25) is 0 Å². The second-order valence-electron chi connectivity index (χ2n) is 4.21. The van der Waals surface area contributed by atoms with E-state index in [0.717, 1.165) is 19.3 Å². The molecule has 0 aromatic rings. The fourth-order valence-electron chi connectivity index (χ4n) is 1.51. The smallest absolute Gasteiger partial charge is 0.326 e. The summed E-state index contributed by atoms with van der Waals surface area (Å²) in [4.78, 5) is 22.6. The number of carboxylic acid groups (broad SMARTS) is 1. The number of hydrogen-bond acceptors (Lipinski definition) is 3. The van der Waals surface area contributed by atoms with Crippen molar-refractivity contribution in [2.45, 2.75) is 51.6 Å². The zero-order valence-electron chi connectivity index (χ0n) is 11.4. The van der Waals surface area contributed by atoms with Crippen molar-refractivity contribution in [2.75, 3.05) is 13.7 Å². The largest absolute Gasteiger partial charge is 0.480 e. The molecule has 106 valence electrons. The zero-order valence-corrected chi connectivity index (χ0v) is 11.4. The second kappa shape index (κ2) is 9.70. The minimum Gasteiger partial charge on any atom is -0.480 e. The Morgan fingerprint density at radius 3 is 2.39 bits per heavy atom. The van der Waals surface area contributed by atoms with Gasteiger partial charge in [0.2, 0.25) is 0 Å². The van der Waals surface area contributed by atoms with E-state index in [4.69, 9.17) is 9.84 Å². The molecule has 2 unspecified atom stereocenters. The molecule has 0 aromatic carbocycles. The van der Waals surface area contributed by atoms with Crippen LogP contribution in [0.5, 0.6) is 0 Å². The monoisotopic (exact) mass is 260 g/mol. The summed E-state index contributed by atoms with van der Waals surface area (Å²) < 4.78 is 4.95. The van der Waals surface area contributed by atoms with Gasteiger partial charge in [0.05, 0.1) is 12.6 Å². The summed E-state index contributed by atoms with van der Waals surface area (Å²) in [5, 5.41) is 14.1. The number of carbonyl (C=O) groups excluding carboxylic acids is 1. The van der Waals surface area contributed by atoms with Crippen LogP contribution >= 0.6 is 0 Å². The van der Waals surface area contributed by atoms with E-state index in [1.807, 2.05) is 13.8 Å². The number of urea groups is 1. The van der Waals surface area contributed by atoms with Crippen molar-refractivity contribution in [3.63, 3.8) is 0 Å². The first-order valence-corrected chi connectivity index (χ1v) is 6.33. The molecule has 0 saturated carbocycles. The fraction of sp³-hybridized carbons (Fsp3) is 0.833. The first-order chi connectivity index (χ1) is 8.54. The minimum absolute atomic E-state index is 0.101. The quantitative estimate of drug-likeness (QED) is 0.584. The van der Waals surface area contributed by atoms with Gasteiger partial charge in [-0.1, -0.05) is 26.7 Å². The maximum absolute atomic E-state index is 11.6. The molecule has 0 fully saturated rings. The Hall–Kier alpha value is -1.30. The summed E-state index contributed by atoms with van der Waals surface area (Å²) in [5.74, 6) is -1.00. The van der Waals surface area contributed by atoms with Gasteiger partial charge in [-0.15, -0.1) is 0 Å². The Kier molecular flexibility index (Phi) is 9.00. The predicted octanol–water partition coefficient (Wildman–Crippen LogP) is 1.35. The van der Waals surface area contributed by atoms with Gasteiger partial charge in [-0.05, 0) is 12.8 Å². The first kappa shape index (κ1) is 16.7. The standard InChI is InChI=1S/C12H24N2O4/c1-4-6-7-10(11(15)16)14-12(17)13-9(5-2)8-18-3/h9-10H,4-8H2,1-3H3,(H,15,16)(H2,13,14,17). The highest BCUT2D eigenvalue weighted by Crippen LogP contribution is 2.01. The molecule has 3 N–H and O–H groups in total. The molecule has 6 nitrogen and oxygen atoms in total. The van der Waals surface area contributed by atoms with Crippen molar-refractivity contribution in [1.82, 2.24) is 10.6 Å². The summed E-state index contributed by atoms with van der Waals surface area (Å²) in [6.07, 6.45) is 2.84. The molecular weight excluding hydrogens is 236 g/mol. The van der Waals surface area contributed by atoms with Crippen molar-refractivity contribution < 1.29 is 19.4 Å². The number of rotatable bonds is 9. The molecule has 0 spiro atoms. The van der Waals surface area contributed by atoms with Crippen molar-refractivity contribution in [3.8, 4) is 0 Å². The van der Waals surface area contributed by atoms with Gasteiger partial charge < -0.3 is 20.5 Å². The van der Waals surface area contributed by atoms with Crippen molar-refractivity contribution in [1.29, 1.82) is 0 Å². The lowest BCUT2D eigenvalue weighted by atomic mass is 10.1. The number of hydrogen-bond donors (Lipinski definition) is 3. The molecule has 0 heterocycles. The van der Waals surface area contributed by atoms with E-state index in [1.165, 1.54) is 0 Å². The van der Waals surface area contributed by atoms with E-state index < -0.39 is 18.0 Å². The Morgan fingerprint density at radius 2 is 1.94 bits per heavy atom. The van der Waals surface area contributed by atoms with Crippen LogP contribution in [-0.4, -0.2) is 42.9 Å². The van der Waals surface area contributed by atoms with Gasteiger partial charge in [-0.3, -0.25) is 0 Å². The van der Waals surface area contributed by atoms with Crippen LogP contribution in [0.15, 0.2) is 0 Å². The Balaban J connectivity index is 4.19. The van der Waals surface area contributed by atoms with Crippen molar-refractivity contribution in [2.24, 2.45) is 0 Å². The molecule has 0 saturated heterocycles. The van der Waals surface area contributed by atoms with E-state index in [0.29, 0.717) is 13.0 Å². The number of methoxy groups -OCH3 is 1. The summed E-state index contributed by atoms with van der Waals surface area (Å²) in [6.45, 7) is 4.32. The Bertz CT molecular complexity index is 258. The molecule has 18 heavy (non-hydrogen) atoms. The molecule has 2 amide bonds. The highest BCUT2D eigenvalue weighted by molar-refractivity contribution is 5.82. The predicted molar refractivity (Wildman–Crippen MR) is 68.6 cm³/mol. The molecule has 0 aliphatic rings. The number of amides is 2. The van der Waals surface area contributed by atoms with Crippen LogP contribution in [0, 0.1) is 0 Å². The van der Waals surface area contributed by atoms with Gasteiger partial charge in [0.25, 0.3) is 0 Å². The summed E-state index contributed by atoms with van der Waals surface area (Å²) in [5.41, 5.74) is 0. The van der Waals surface area contributed by atoms with E-state index in [9.17, 15) is 9.59 Å². The van der Waals surface area contributed by atoms with Crippen molar-refractivity contribution in [3.05, 3.63) is 0 Å². The molecule has 2 atom stereocenters. The maximum Gasteiger partial charge on any atom is 0.326 e. The third kappa shape index (κ3) is 7.11. The Labute approximate surface area is 108 Å². The first-order valence-electron chi connectivity index (χ1n) is 6.33. The lowest BCUT2D eigenvalue weighted by Crippen LogP contribution is -2.49. The molecule has 0 rings (SSSR count). The number of aliphatic carboxylic acids is 1.